The predicted molar refractivity (Wildman–Crippen MR) is 70.5 cm³/mol. The van der Waals surface area contributed by atoms with Crippen LogP contribution in [0.2, 0.25) is 0 Å². The summed E-state index contributed by atoms with van der Waals surface area (Å²) in [5.74, 6) is -0.749. The number of carbonyl (C=O) groups is 2. The monoisotopic (exact) mass is 259 g/mol. The minimum absolute atomic E-state index is 0.00699. The van der Waals surface area contributed by atoms with Gasteiger partial charge in [-0.05, 0) is 24.8 Å². The lowest BCUT2D eigenvalue weighted by molar-refractivity contribution is -0.151. The van der Waals surface area contributed by atoms with E-state index in [4.69, 9.17) is 0 Å². The molecule has 0 radical (unpaired) electrons. The van der Waals surface area contributed by atoms with Crippen LogP contribution in [0.25, 0.3) is 0 Å². The second-order valence-corrected chi connectivity index (χ2v) is 5.66. The molecule has 1 amide bonds. The van der Waals surface area contributed by atoms with Crippen molar-refractivity contribution in [2.24, 2.45) is 11.8 Å². The Kier molecular flexibility index (Phi) is 2.71. The molecule has 1 aliphatic heterocycles. The van der Waals surface area contributed by atoms with Gasteiger partial charge in [0.1, 0.15) is 5.78 Å². The van der Waals surface area contributed by atoms with Gasteiger partial charge >= 0.3 is 0 Å². The Morgan fingerprint density at radius 3 is 2.84 bits per heavy atom. The molecule has 0 aromatic heterocycles. The molecule has 0 spiro atoms. The van der Waals surface area contributed by atoms with E-state index in [0.717, 1.165) is 6.42 Å². The molecule has 4 nitrogen and oxygen atoms in total. The van der Waals surface area contributed by atoms with Gasteiger partial charge in [0, 0.05) is 17.7 Å². The molecule has 4 heteroatoms. The molecule has 100 valence electrons. The van der Waals surface area contributed by atoms with Crippen LogP contribution in [-0.2, 0) is 15.2 Å². The summed E-state index contributed by atoms with van der Waals surface area (Å²) in [5.41, 5.74) is -0.545. The molecule has 3 unspecified atom stereocenters. The summed E-state index contributed by atoms with van der Waals surface area (Å²) in [7, 11) is 0. The van der Waals surface area contributed by atoms with Crippen molar-refractivity contribution in [1.29, 1.82) is 0 Å². The highest BCUT2D eigenvalue weighted by molar-refractivity contribution is 6.08. The molecule has 19 heavy (non-hydrogen) atoms. The van der Waals surface area contributed by atoms with E-state index in [9.17, 15) is 14.7 Å². The van der Waals surface area contributed by atoms with Crippen LogP contribution >= 0.6 is 0 Å². The van der Waals surface area contributed by atoms with Gasteiger partial charge in [-0.2, -0.15) is 0 Å². The van der Waals surface area contributed by atoms with Crippen LogP contribution < -0.4 is 5.32 Å². The lowest BCUT2D eigenvalue weighted by Gasteiger charge is -2.35. The average molecular weight is 259 g/mol. The molecule has 0 saturated heterocycles. The highest BCUT2D eigenvalue weighted by atomic mass is 16.3. The van der Waals surface area contributed by atoms with E-state index in [1.807, 2.05) is 0 Å². The summed E-state index contributed by atoms with van der Waals surface area (Å²) in [6, 6.07) is 7.05. The Hall–Kier alpha value is -1.68. The fraction of sp³-hybridized carbons (Fsp3) is 0.467. The number of para-hydroxylation sites is 1. The third-order valence-corrected chi connectivity index (χ3v) is 4.35. The second kappa shape index (κ2) is 4.17. The zero-order chi connectivity index (χ0) is 13.6. The lowest BCUT2D eigenvalue weighted by Crippen LogP contribution is -2.47. The lowest BCUT2D eigenvalue weighted by atomic mass is 9.70. The fourth-order valence-corrected chi connectivity index (χ4v) is 3.23. The first-order chi connectivity index (χ1) is 9.03. The number of ketones is 1. The van der Waals surface area contributed by atoms with Gasteiger partial charge in [0.2, 0.25) is 0 Å². The molecule has 1 aromatic rings. The largest absolute Gasteiger partial charge is 0.375 e. The SMILES string of the molecule is CC1CCC(=O)C(C2(O)C(=O)Nc3ccccc32)C1. The minimum atomic E-state index is -1.69. The Labute approximate surface area is 111 Å². The van der Waals surface area contributed by atoms with Gasteiger partial charge in [0.25, 0.3) is 5.91 Å². The number of Topliss-reactive ketones (excluding diaryl/α,β-unsaturated/α-hetero) is 1. The van der Waals surface area contributed by atoms with E-state index in [1.165, 1.54) is 0 Å². The zero-order valence-corrected chi connectivity index (χ0v) is 10.8. The normalized spacial score (nSPS) is 34.0. The summed E-state index contributed by atoms with van der Waals surface area (Å²) in [4.78, 5) is 24.3. The van der Waals surface area contributed by atoms with Crippen molar-refractivity contribution in [2.75, 3.05) is 5.32 Å². The van der Waals surface area contributed by atoms with Crippen LogP contribution in [0.5, 0.6) is 0 Å². The standard InChI is InChI=1S/C15H17NO3/c1-9-6-7-13(17)11(8-9)15(19)10-4-2-3-5-12(10)16-14(15)18/h2-5,9,11,19H,6-8H2,1H3,(H,16,18). The molecular weight excluding hydrogens is 242 g/mol. The van der Waals surface area contributed by atoms with E-state index < -0.39 is 17.4 Å². The molecule has 1 aromatic carbocycles. The summed E-state index contributed by atoms with van der Waals surface area (Å²) >= 11 is 0. The van der Waals surface area contributed by atoms with Crippen LogP contribution in [0, 0.1) is 11.8 Å². The molecule has 3 rings (SSSR count). The third-order valence-electron chi connectivity index (χ3n) is 4.35. The minimum Gasteiger partial charge on any atom is -0.375 e. The van der Waals surface area contributed by atoms with Crippen LogP contribution in [0.1, 0.15) is 31.7 Å². The van der Waals surface area contributed by atoms with Gasteiger partial charge < -0.3 is 10.4 Å². The molecule has 2 aliphatic rings. The number of hydrogen-bond donors (Lipinski definition) is 2. The number of anilines is 1. The maximum Gasteiger partial charge on any atom is 0.261 e. The first-order valence-corrected chi connectivity index (χ1v) is 6.69. The highest BCUT2D eigenvalue weighted by Crippen LogP contribution is 2.45. The van der Waals surface area contributed by atoms with Crippen molar-refractivity contribution in [3.63, 3.8) is 0 Å². The molecular formula is C15H17NO3. The highest BCUT2D eigenvalue weighted by Gasteiger charge is 2.54. The van der Waals surface area contributed by atoms with Gasteiger partial charge in [0.15, 0.2) is 5.60 Å². The molecule has 1 aliphatic carbocycles. The van der Waals surface area contributed by atoms with Gasteiger partial charge in [0.05, 0.1) is 5.92 Å². The molecule has 1 fully saturated rings. The Morgan fingerprint density at radius 2 is 2.05 bits per heavy atom. The maximum absolute atomic E-state index is 12.2. The van der Waals surface area contributed by atoms with Crippen molar-refractivity contribution in [1.82, 2.24) is 0 Å². The van der Waals surface area contributed by atoms with Gasteiger partial charge in [-0.1, -0.05) is 25.1 Å². The van der Waals surface area contributed by atoms with Crippen molar-refractivity contribution in [3.05, 3.63) is 29.8 Å². The third kappa shape index (κ3) is 1.70. The smallest absolute Gasteiger partial charge is 0.261 e. The quantitative estimate of drug-likeness (QED) is 0.808. The van der Waals surface area contributed by atoms with E-state index in [0.29, 0.717) is 30.0 Å². The van der Waals surface area contributed by atoms with Crippen LogP contribution in [0.4, 0.5) is 5.69 Å². The summed E-state index contributed by atoms with van der Waals surface area (Å²) in [6.07, 6.45) is 1.86. The number of fused-ring (bicyclic) bond motifs is 1. The van der Waals surface area contributed by atoms with Crippen molar-refractivity contribution in [3.8, 4) is 0 Å². The number of rotatable bonds is 1. The van der Waals surface area contributed by atoms with Gasteiger partial charge in [-0.25, -0.2) is 0 Å². The summed E-state index contributed by atoms with van der Waals surface area (Å²) in [6.45, 7) is 2.06. The zero-order valence-electron chi connectivity index (χ0n) is 10.8. The number of aliphatic hydroxyl groups is 1. The first kappa shape index (κ1) is 12.4. The van der Waals surface area contributed by atoms with Crippen molar-refractivity contribution in [2.45, 2.75) is 31.8 Å². The van der Waals surface area contributed by atoms with Crippen LogP contribution in [0.3, 0.4) is 0 Å². The van der Waals surface area contributed by atoms with E-state index >= 15 is 0 Å². The number of amides is 1. The fourth-order valence-electron chi connectivity index (χ4n) is 3.23. The molecule has 1 saturated carbocycles. The molecule has 1 heterocycles. The molecule has 3 atom stereocenters. The van der Waals surface area contributed by atoms with E-state index in [-0.39, 0.29) is 5.78 Å². The van der Waals surface area contributed by atoms with Gasteiger partial charge in [-0.3, -0.25) is 9.59 Å². The Morgan fingerprint density at radius 1 is 1.32 bits per heavy atom. The average Bonchev–Trinajstić information content (AvgIpc) is 2.66. The topological polar surface area (TPSA) is 66.4 Å². The number of benzene rings is 1. The second-order valence-electron chi connectivity index (χ2n) is 5.66. The number of carbonyl (C=O) groups excluding carboxylic acids is 2. The summed E-state index contributed by atoms with van der Waals surface area (Å²) < 4.78 is 0. The Bertz CT molecular complexity index is 554. The van der Waals surface area contributed by atoms with E-state index in [1.54, 1.807) is 24.3 Å². The van der Waals surface area contributed by atoms with Crippen LogP contribution in [0.15, 0.2) is 24.3 Å². The number of hydrogen-bond acceptors (Lipinski definition) is 3. The maximum atomic E-state index is 12.2. The number of nitrogens with one attached hydrogen (secondary N) is 1. The van der Waals surface area contributed by atoms with Crippen molar-refractivity contribution < 1.29 is 14.7 Å². The van der Waals surface area contributed by atoms with Crippen molar-refractivity contribution >= 4 is 17.4 Å². The molecule has 2 N–H and O–H groups in total. The summed E-state index contributed by atoms with van der Waals surface area (Å²) in [5, 5.41) is 13.6. The first-order valence-electron chi connectivity index (χ1n) is 6.69. The molecule has 0 bridgehead atoms. The van der Waals surface area contributed by atoms with Gasteiger partial charge in [-0.15, -0.1) is 0 Å². The Balaban J connectivity index is 2.07. The van der Waals surface area contributed by atoms with Crippen LogP contribution in [-0.4, -0.2) is 16.8 Å². The van der Waals surface area contributed by atoms with E-state index in [2.05, 4.69) is 12.2 Å². The predicted octanol–water partition coefficient (Wildman–Crippen LogP) is 1.83.